The van der Waals surface area contributed by atoms with Crippen molar-refractivity contribution in [3.63, 3.8) is 0 Å². The number of anilines is 1. The van der Waals surface area contributed by atoms with E-state index in [2.05, 4.69) is 20.9 Å². The molecular formula is C24H27N5O4S2. The maximum absolute atomic E-state index is 12.0. The minimum atomic E-state index is -4.39. The number of piperidine rings is 1. The van der Waals surface area contributed by atoms with Gasteiger partial charge >= 0.3 is 0 Å². The number of benzene rings is 1. The smallest absolute Gasteiger partial charge is 0.294 e. The topological polar surface area (TPSA) is 112 Å². The molecular weight excluding hydrogens is 486 g/mol. The third-order valence-corrected chi connectivity index (χ3v) is 8.66. The largest absolute Gasteiger partial charge is 0.378 e. The Kier molecular flexibility index (Phi) is 5.97. The van der Waals surface area contributed by atoms with E-state index in [4.69, 9.17) is 14.7 Å². The molecule has 2 aliphatic heterocycles. The first-order chi connectivity index (χ1) is 17.0. The number of hydrogen-bond acceptors (Lipinski definition) is 8. The Labute approximate surface area is 207 Å². The van der Waals surface area contributed by atoms with E-state index in [0.717, 1.165) is 54.1 Å². The number of rotatable bonds is 5. The van der Waals surface area contributed by atoms with Crippen molar-refractivity contribution in [3.05, 3.63) is 35.3 Å². The predicted octanol–water partition coefficient (Wildman–Crippen LogP) is 3.91. The Balaban J connectivity index is 1.51. The standard InChI is InChI=1S/C24H27N5O4S2/c30-35(31,32)17-13-19(18-4-5-25-20(18)14-17)23-26-21-12-16(15-28-6-2-1-3-7-28)34-22(21)24(27-23)29-8-10-33-11-9-29/h4-5,12-14,25H,1-3,6-11,15H2,(H,30,31,32). The Hall–Kier alpha value is -2.57. The number of hydrogen-bond donors (Lipinski definition) is 2. The van der Waals surface area contributed by atoms with Gasteiger partial charge in [0.15, 0.2) is 11.6 Å². The van der Waals surface area contributed by atoms with Gasteiger partial charge in [0.2, 0.25) is 0 Å². The van der Waals surface area contributed by atoms with E-state index in [1.54, 1.807) is 17.5 Å². The van der Waals surface area contributed by atoms with Crippen LogP contribution < -0.4 is 4.90 Å². The average molecular weight is 514 g/mol. The number of nitrogens with one attached hydrogen (secondary N) is 1. The molecule has 3 aromatic heterocycles. The van der Waals surface area contributed by atoms with Gasteiger partial charge in [-0.05, 0) is 50.2 Å². The number of nitrogens with zero attached hydrogens (tertiary/aromatic N) is 4. The Bertz CT molecular complexity index is 1480. The quantitative estimate of drug-likeness (QED) is 0.387. The van der Waals surface area contributed by atoms with Crippen molar-refractivity contribution >= 4 is 48.4 Å². The van der Waals surface area contributed by atoms with Gasteiger partial charge in [-0.25, -0.2) is 9.97 Å². The summed E-state index contributed by atoms with van der Waals surface area (Å²) in [5.74, 6) is 1.29. The molecule has 2 N–H and O–H groups in total. The van der Waals surface area contributed by atoms with Crippen LogP contribution in [0.25, 0.3) is 32.5 Å². The van der Waals surface area contributed by atoms with Crippen LogP contribution in [0.2, 0.25) is 0 Å². The van der Waals surface area contributed by atoms with Crippen LogP contribution in [0.15, 0.2) is 35.4 Å². The number of aromatic nitrogens is 3. The fourth-order valence-corrected chi connectivity index (χ4v) is 6.65. The summed E-state index contributed by atoms with van der Waals surface area (Å²) in [5.41, 5.74) is 2.02. The molecule has 0 radical (unpaired) electrons. The van der Waals surface area contributed by atoms with Crippen LogP contribution in [0.3, 0.4) is 0 Å². The second kappa shape index (κ2) is 9.14. The highest BCUT2D eigenvalue weighted by atomic mass is 32.2. The van der Waals surface area contributed by atoms with E-state index >= 15 is 0 Å². The number of likely N-dealkylation sites (tertiary alicyclic amines) is 1. The molecule has 11 heteroatoms. The molecule has 0 unspecified atom stereocenters. The van der Waals surface area contributed by atoms with Gasteiger partial charge < -0.3 is 14.6 Å². The minimum Gasteiger partial charge on any atom is -0.378 e. The monoisotopic (exact) mass is 513 g/mol. The minimum absolute atomic E-state index is 0.185. The molecule has 0 bridgehead atoms. The van der Waals surface area contributed by atoms with Crippen molar-refractivity contribution in [1.82, 2.24) is 19.9 Å². The molecule has 0 spiro atoms. The van der Waals surface area contributed by atoms with Crippen LogP contribution in [0, 0.1) is 0 Å². The second-order valence-electron chi connectivity index (χ2n) is 9.12. The van der Waals surface area contributed by atoms with Crippen LogP contribution >= 0.6 is 11.3 Å². The summed E-state index contributed by atoms with van der Waals surface area (Å²) in [6.45, 7) is 5.87. The molecule has 2 fully saturated rings. The van der Waals surface area contributed by atoms with Crippen molar-refractivity contribution in [2.45, 2.75) is 30.7 Å². The van der Waals surface area contributed by atoms with E-state index in [9.17, 15) is 13.0 Å². The zero-order valence-corrected chi connectivity index (χ0v) is 20.9. The molecule has 4 aromatic rings. The lowest BCUT2D eigenvalue weighted by Crippen LogP contribution is -2.36. The van der Waals surface area contributed by atoms with Gasteiger partial charge in [-0.3, -0.25) is 9.45 Å². The highest BCUT2D eigenvalue weighted by Gasteiger charge is 2.23. The first kappa shape index (κ1) is 22.9. The lowest BCUT2D eigenvalue weighted by Gasteiger charge is -2.28. The summed E-state index contributed by atoms with van der Waals surface area (Å²) in [5, 5.41) is 0.799. The summed E-state index contributed by atoms with van der Waals surface area (Å²) < 4.78 is 40.3. The first-order valence-corrected chi connectivity index (χ1v) is 14.2. The van der Waals surface area contributed by atoms with E-state index in [0.29, 0.717) is 30.1 Å². The molecule has 5 heterocycles. The summed E-state index contributed by atoms with van der Waals surface area (Å²) in [6.07, 6.45) is 5.52. The Morgan fingerprint density at radius 3 is 2.63 bits per heavy atom. The van der Waals surface area contributed by atoms with Gasteiger partial charge in [-0.15, -0.1) is 11.3 Å². The summed E-state index contributed by atoms with van der Waals surface area (Å²) in [4.78, 5) is 18.7. The zero-order chi connectivity index (χ0) is 24.0. The summed E-state index contributed by atoms with van der Waals surface area (Å²) >= 11 is 1.74. The van der Waals surface area contributed by atoms with Crippen LogP contribution in [-0.2, 0) is 21.4 Å². The van der Waals surface area contributed by atoms with E-state index < -0.39 is 10.1 Å². The third kappa shape index (κ3) is 4.54. The number of morpholine rings is 1. The fourth-order valence-electron chi connectivity index (χ4n) is 4.96. The fraction of sp³-hybridized carbons (Fsp3) is 0.417. The Morgan fingerprint density at radius 2 is 1.86 bits per heavy atom. The molecule has 1 aromatic carbocycles. The number of H-pyrrole nitrogens is 1. The Morgan fingerprint density at radius 1 is 1.06 bits per heavy atom. The van der Waals surface area contributed by atoms with Gasteiger partial charge in [-0.1, -0.05) is 6.42 Å². The highest BCUT2D eigenvalue weighted by Crippen LogP contribution is 2.37. The molecule has 35 heavy (non-hydrogen) atoms. The van der Waals surface area contributed by atoms with Crippen molar-refractivity contribution in [2.75, 3.05) is 44.3 Å². The van der Waals surface area contributed by atoms with E-state index in [1.165, 1.54) is 36.3 Å². The molecule has 2 saturated heterocycles. The highest BCUT2D eigenvalue weighted by molar-refractivity contribution is 7.85. The number of fused-ring (bicyclic) bond motifs is 2. The lowest BCUT2D eigenvalue weighted by atomic mass is 10.1. The second-order valence-corrected chi connectivity index (χ2v) is 11.7. The molecule has 9 nitrogen and oxygen atoms in total. The van der Waals surface area contributed by atoms with Crippen molar-refractivity contribution < 1.29 is 17.7 Å². The van der Waals surface area contributed by atoms with Crippen molar-refractivity contribution in [2.24, 2.45) is 0 Å². The third-order valence-electron chi connectivity index (χ3n) is 6.72. The van der Waals surface area contributed by atoms with Gasteiger partial charge in [0, 0.05) is 47.2 Å². The van der Waals surface area contributed by atoms with E-state index in [-0.39, 0.29) is 4.90 Å². The average Bonchev–Trinajstić information content (AvgIpc) is 3.50. The van der Waals surface area contributed by atoms with Crippen LogP contribution in [0.4, 0.5) is 5.82 Å². The lowest BCUT2D eigenvalue weighted by molar-refractivity contribution is 0.122. The van der Waals surface area contributed by atoms with Crippen LogP contribution in [0.5, 0.6) is 0 Å². The molecule has 0 aliphatic carbocycles. The van der Waals surface area contributed by atoms with Gasteiger partial charge in [-0.2, -0.15) is 8.42 Å². The first-order valence-electron chi connectivity index (χ1n) is 11.9. The predicted molar refractivity (Wildman–Crippen MR) is 137 cm³/mol. The maximum atomic E-state index is 12.0. The van der Waals surface area contributed by atoms with Gasteiger partial charge in [0.1, 0.15) is 0 Å². The summed E-state index contributed by atoms with van der Waals surface area (Å²) in [7, 11) is -4.39. The van der Waals surface area contributed by atoms with Gasteiger partial charge in [0.05, 0.1) is 28.3 Å². The molecule has 6 rings (SSSR count). The summed E-state index contributed by atoms with van der Waals surface area (Å²) in [6, 6.07) is 6.90. The zero-order valence-electron chi connectivity index (χ0n) is 19.2. The maximum Gasteiger partial charge on any atom is 0.294 e. The normalized spacial score (nSPS) is 18.0. The SMILES string of the molecule is O=S(=O)(O)c1cc(-c2nc(N3CCOCC3)c3sc(CN4CCCCC4)cc3n2)c2cc[nH]c2c1. The number of thiophene rings is 1. The molecule has 184 valence electrons. The van der Waals surface area contributed by atoms with Crippen molar-refractivity contribution in [1.29, 1.82) is 0 Å². The molecule has 2 aliphatic rings. The number of aromatic amines is 1. The van der Waals surface area contributed by atoms with Crippen molar-refractivity contribution in [3.8, 4) is 11.4 Å². The van der Waals surface area contributed by atoms with Crippen LogP contribution in [-0.4, -0.2) is 72.2 Å². The number of ether oxygens (including phenoxy) is 1. The van der Waals surface area contributed by atoms with Gasteiger partial charge in [0.25, 0.3) is 10.1 Å². The molecule has 0 amide bonds. The molecule has 0 saturated carbocycles. The molecule has 0 atom stereocenters. The van der Waals surface area contributed by atoms with Crippen LogP contribution in [0.1, 0.15) is 24.1 Å². The van der Waals surface area contributed by atoms with E-state index in [1.807, 2.05) is 6.07 Å².